The Morgan fingerprint density at radius 3 is 2.62 bits per heavy atom. The van der Waals surface area contributed by atoms with Gasteiger partial charge in [0, 0.05) is 18.2 Å². The van der Waals surface area contributed by atoms with E-state index in [0.29, 0.717) is 11.3 Å². The zero-order valence-corrected chi connectivity index (χ0v) is 17.0. The lowest BCUT2D eigenvalue weighted by Crippen LogP contribution is -2.43. The molecule has 32 heavy (non-hydrogen) atoms. The van der Waals surface area contributed by atoms with E-state index in [-0.39, 0.29) is 11.3 Å². The fourth-order valence-corrected chi connectivity index (χ4v) is 3.18. The van der Waals surface area contributed by atoms with E-state index in [4.69, 9.17) is 10.00 Å². The summed E-state index contributed by atoms with van der Waals surface area (Å²) in [5, 5.41) is 13.9. The minimum absolute atomic E-state index is 0.0262. The zero-order valence-electron chi connectivity index (χ0n) is 17.0. The fourth-order valence-electron chi connectivity index (χ4n) is 3.18. The minimum Gasteiger partial charge on any atom is -0.497 e. The standard InChI is InChI=1S/C21H19F2N5O4/c1-32-15-4-2-13(3-5-15)19(30)27-17-10-25-7-6-16(17)20(31)26-11-18(29)28-12-21(22,23)8-14(28)9-24/h2-7,10,14H,8,11-12H2,1H3,(H,26,31)(H,27,30)/t14-/m0/s1. The van der Waals surface area contributed by atoms with Gasteiger partial charge in [-0.05, 0) is 30.3 Å². The number of hydrogen-bond acceptors (Lipinski definition) is 6. The number of aromatic nitrogens is 1. The number of nitrogens with zero attached hydrogens (tertiary/aromatic N) is 3. The van der Waals surface area contributed by atoms with Gasteiger partial charge in [0.2, 0.25) is 5.91 Å². The van der Waals surface area contributed by atoms with Crippen LogP contribution >= 0.6 is 0 Å². The Morgan fingerprint density at radius 2 is 1.97 bits per heavy atom. The SMILES string of the molecule is COc1ccc(C(=O)Nc2cnccc2C(=O)NCC(=O)N2CC(F)(F)C[C@H]2C#N)cc1. The predicted molar refractivity (Wildman–Crippen MR) is 108 cm³/mol. The number of carbonyl (C=O) groups is 3. The Kier molecular flexibility index (Phi) is 6.63. The second-order valence-corrected chi connectivity index (χ2v) is 7.01. The van der Waals surface area contributed by atoms with Crippen molar-refractivity contribution in [2.24, 2.45) is 0 Å². The summed E-state index contributed by atoms with van der Waals surface area (Å²) in [7, 11) is 1.50. The monoisotopic (exact) mass is 443 g/mol. The summed E-state index contributed by atoms with van der Waals surface area (Å²) in [5.41, 5.74) is 0.438. The van der Waals surface area contributed by atoms with Crippen molar-refractivity contribution in [1.82, 2.24) is 15.2 Å². The summed E-state index contributed by atoms with van der Waals surface area (Å²) in [6.07, 6.45) is 1.85. The van der Waals surface area contributed by atoms with E-state index < -0.39 is 49.2 Å². The van der Waals surface area contributed by atoms with Crippen LogP contribution in [0.25, 0.3) is 0 Å². The van der Waals surface area contributed by atoms with Crippen molar-refractivity contribution in [3.63, 3.8) is 0 Å². The molecule has 9 nitrogen and oxygen atoms in total. The third-order valence-corrected chi connectivity index (χ3v) is 4.81. The molecule has 1 saturated heterocycles. The van der Waals surface area contributed by atoms with Gasteiger partial charge < -0.3 is 20.3 Å². The maximum Gasteiger partial charge on any atom is 0.268 e. The highest BCUT2D eigenvalue weighted by Gasteiger charge is 2.47. The lowest BCUT2D eigenvalue weighted by atomic mass is 10.1. The number of methoxy groups -OCH3 is 1. The predicted octanol–water partition coefficient (Wildman–Crippen LogP) is 1.83. The number of hydrogen-bond donors (Lipinski definition) is 2. The van der Waals surface area contributed by atoms with E-state index in [2.05, 4.69) is 15.6 Å². The largest absolute Gasteiger partial charge is 0.497 e. The summed E-state index contributed by atoms with van der Waals surface area (Å²) in [6.45, 7) is -1.46. The molecule has 1 atom stereocenters. The van der Waals surface area contributed by atoms with Crippen molar-refractivity contribution in [2.75, 3.05) is 25.5 Å². The molecule has 0 radical (unpaired) electrons. The van der Waals surface area contributed by atoms with Gasteiger partial charge in [-0.3, -0.25) is 19.4 Å². The average Bonchev–Trinajstić information content (AvgIpc) is 3.12. The van der Waals surface area contributed by atoms with E-state index in [9.17, 15) is 23.2 Å². The number of amides is 3. The number of pyridine rings is 1. The van der Waals surface area contributed by atoms with Crippen molar-refractivity contribution in [3.8, 4) is 11.8 Å². The smallest absolute Gasteiger partial charge is 0.268 e. The fraction of sp³-hybridized carbons (Fsp3) is 0.286. The van der Waals surface area contributed by atoms with E-state index in [1.165, 1.54) is 25.6 Å². The number of alkyl halides is 2. The molecule has 1 aromatic heterocycles. The molecule has 1 fully saturated rings. The molecule has 2 N–H and O–H groups in total. The van der Waals surface area contributed by atoms with Gasteiger partial charge in [-0.1, -0.05) is 0 Å². The Balaban J connectivity index is 1.66. The second kappa shape index (κ2) is 9.38. The van der Waals surface area contributed by atoms with Crippen molar-refractivity contribution in [2.45, 2.75) is 18.4 Å². The summed E-state index contributed by atoms with van der Waals surface area (Å²) < 4.78 is 32.1. The number of halogens is 2. The molecule has 0 unspecified atom stereocenters. The highest BCUT2D eigenvalue weighted by molar-refractivity contribution is 6.09. The lowest BCUT2D eigenvalue weighted by Gasteiger charge is -2.19. The Labute approximate surface area is 182 Å². The number of rotatable bonds is 6. The number of anilines is 1. The molecule has 2 heterocycles. The average molecular weight is 443 g/mol. The lowest BCUT2D eigenvalue weighted by molar-refractivity contribution is -0.131. The van der Waals surface area contributed by atoms with Crippen LogP contribution < -0.4 is 15.4 Å². The van der Waals surface area contributed by atoms with Gasteiger partial charge in [0.25, 0.3) is 17.7 Å². The van der Waals surface area contributed by atoms with Crippen molar-refractivity contribution in [1.29, 1.82) is 5.26 Å². The molecule has 3 amide bonds. The first-order valence-corrected chi connectivity index (χ1v) is 9.48. The maximum absolute atomic E-state index is 13.5. The van der Waals surface area contributed by atoms with E-state index >= 15 is 0 Å². The molecule has 0 aliphatic carbocycles. The third kappa shape index (κ3) is 5.15. The van der Waals surface area contributed by atoms with Gasteiger partial charge in [-0.15, -0.1) is 0 Å². The minimum atomic E-state index is -3.15. The number of carbonyl (C=O) groups excluding carboxylic acids is 3. The van der Waals surface area contributed by atoms with Crippen LogP contribution in [0.2, 0.25) is 0 Å². The topological polar surface area (TPSA) is 124 Å². The molecule has 1 aromatic carbocycles. The second-order valence-electron chi connectivity index (χ2n) is 7.01. The van der Waals surface area contributed by atoms with Crippen LogP contribution in [0.15, 0.2) is 42.7 Å². The molecule has 166 valence electrons. The summed E-state index contributed by atoms with van der Waals surface area (Å²) in [6, 6.07) is 8.05. The van der Waals surface area contributed by atoms with Crippen LogP contribution in [0.1, 0.15) is 27.1 Å². The van der Waals surface area contributed by atoms with Crippen LogP contribution in [-0.4, -0.2) is 59.8 Å². The van der Waals surface area contributed by atoms with Crippen LogP contribution in [0.3, 0.4) is 0 Å². The Hall–Kier alpha value is -4.07. The van der Waals surface area contributed by atoms with Crippen LogP contribution in [0, 0.1) is 11.3 Å². The summed E-state index contributed by atoms with van der Waals surface area (Å²) >= 11 is 0. The Morgan fingerprint density at radius 1 is 1.25 bits per heavy atom. The van der Waals surface area contributed by atoms with E-state index in [1.807, 2.05) is 0 Å². The molecular weight excluding hydrogens is 424 g/mol. The summed E-state index contributed by atoms with van der Waals surface area (Å²) in [4.78, 5) is 42.0. The molecule has 0 bridgehead atoms. The quantitative estimate of drug-likeness (QED) is 0.702. The van der Waals surface area contributed by atoms with Crippen molar-refractivity contribution < 1.29 is 27.9 Å². The number of likely N-dealkylation sites (tertiary alicyclic amines) is 1. The first-order chi connectivity index (χ1) is 15.2. The highest BCUT2D eigenvalue weighted by atomic mass is 19.3. The molecule has 0 saturated carbocycles. The van der Waals surface area contributed by atoms with Gasteiger partial charge in [0.15, 0.2) is 0 Å². The number of benzene rings is 1. The van der Waals surface area contributed by atoms with Crippen LogP contribution in [-0.2, 0) is 4.79 Å². The van der Waals surface area contributed by atoms with E-state index in [1.54, 1.807) is 30.3 Å². The molecule has 0 spiro atoms. The van der Waals surface area contributed by atoms with Gasteiger partial charge in [0.1, 0.15) is 11.8 Å². The first-order valence-electron chi connectivity index (χ1n) is 9.48. The van der Waals surface area contributed by atoms with Gasteiger partial charge in [0.05, 0.1) is 43.7 Å². The summed E-state index contributed by atoms with van der Waals surface area (Å²) in [5.74, 6) is -4.60. The first kappa shape index (κ1) is 22.6. The molecule has 1 aliphatic rings. The number of nitriles is 1. The van der Waals surface area contributed by atoms with Gasteiger partial charge in [-0.2, -0.15) is 5.26 Å². The molecule has 2 aromatic rings. The number of ether oxygens (including phenoxy) is 1. The molecular formula is C21H19F2N5O4. The molecule has 3 rings (SSSR count). The van der Waals surface area contributed by atoms with Crippen LogP contribution in [0.5, 0.6) is 5.75 Å². The molecule has 1 aliphatic heterocycles. The van der Waals surface area contributed by atoms with Gasteiger partial charge in [-0.25, -0.2) is 8.78 Å². The van der Waals surface area contributed by atoms with Crippen molar-refractivity contribution in [3.05, 3.63) is 53.9 Å². The van der Waals surface area contributed by atoms with E-state index in [0.717, 1.165) is 4.90 Å². The van der Waals surface area contributed by atoms with Crippen LogP contribution in [0.4, 0.5) is 14.5 Å². The third-order valence-electron chi connectivity index (χ3n) is 4.81. The zero-order chi connectivity index (χ0) is 23.3. The van der Waals surface area contributed by atoms with Gasteiger partial charge >= 0.3 is 0 Å². The normalized spacial score (nSPS) is 16.7. The highest BCUT2D eigenvalue weighted by Crippen LogP contribution is 2.31. The number of nitrogens with one attached hydrogen (secondary N) is 2. The van der Waals surface area contributed by atoms with Crippen molar-refractivity contribution >= 4 is 23.4 Å². The molecule has 11 heteroatoms. The maximum atomic E-state index is 13.5. The Bertz CT molecular complexity index is 1070.